The topological polar surface area (TPSA) is 96.0 Å². The average molecular weight is 447 g/mol. The van der Waals surface area contributed by atoms with Gasteiger partial charge >= 0.3 is 21.6 Å². The summed E-state index contributed by atoms with van der Waals surface area (Å²) in [5.74, 6) is -0.385. The molecule has 4 rings (SSSR count). The third-order valence-electron chi connectivity index (χ3n) is 5.95. The van der Waals surface area contributed by atoms with Crippen LogP contribution in [0.2, 0.25) is 0 Å². The zero-order valence-corrected chi connectivity index (χ0v) is 16.8. The molecule has 3 atom stereocenters. The fourth-order valence-corrected chi connectivity index (χ4v) is 5.35. The van der Waals surface area contributed by atoms with Crippen molar-refractivity contribution < 1.29 is 35.9 Å². The Balaban J connectivity index is 1.45. The van der Waals surface area contributed by atoms with Crippen molar-refractivity contribution in [2.75, 3.05) is 31.1 Å². The smallest absolute Gasteiger partial charge is 0.442 e. The molecule has 8 nitrogen and oxygen atoms in total. The first kappa shape index (κ1) is 20.9. The van der Waals surface area contributed by atoms with E-state index in [-0.39, 0.29) is 38.0 Å². The molecule has 1 aromatic rings. The van der Waals surface area contributed by atoms with Crippen molar-refractivity contribution in [3.8, 4) is 0 Å². The molecule has 2 amide bonds. The monoisotopic (exact) mass is 447 g/mol. The number of carbonyl (C=O) groups is 2. The van der Waals surface area contributed by atoms with Crippen LogP contribution in [0.4, 0.5) is 23.7 Å². The second kappa shape index (κ2) is 6.84. The van der Waals surface area contributed by atoms with Gasteiger partial charge in [-0.2, -0.15) is 17.5 Å². The molecular weight excluding hydrogens is 427 g/mol. The van der Waals surface area contributed by atoms with Crippen LogP contribution in [0.5, 0.6) is 0 Å². The maximum absolute atomic E-state index is 12.8. The second-order valence-corrected chi connectivity index (χ2v) is 9.83. The Morgan fingerprint density at radius 2 is 1.93 bits per heavy atom. The standard InChI is InChI=1S/C18H20F3N3O5S/c1-11(25)22-7-15-9-24(16(26)29-15)14-4-2-12(3-5-14)17-6-13(17)8-23(10-17)30(27,28)18(19,20)21/h2-5,13,15H,6-10H2,1H3,(H,22,25)/t13?,15-,17?/m0/s1. The van der Waals surface area contributed by atoms with E-state index in [1.165, 1.54) is 11.8 Å². The summed E-state index contributed by atoms with van der Waals surface area (Å²) in [4.78, 5) is 24.5. The van der Waals surface area contributed by atoms with Crippen LogP contribution in [-0.4, -0.2) is 62.5 Å². The maximum atomic E-state index is 12.8. The number of halogens is 3. The number of alkyl halides is 3. The molecule has 1 N–H and O–H groups in total. The minimum atomic E-state index is -5.34. The van der Waals surface area contributed by atoms with Gasteiger partial charge in [-0.1, -0.05) is 12.1 Å². The molecule has 2 unspecified atom stereocenters. The molecule has 12 heteroatoms. The van der Waals surface area contributed by atoms with Crippen molar-refractivity contribution in [1.82, 2.24) is 9.62 Å². The Labute approximate surface area is 171 Å². The average Bonchev–Trinajstić information content (AvgIpc) is 3.03. The van der Waals surface area contributed by atoms with Crippen molar-refractivity contribution in [1.29, 1.82) is 0 Å². The third-order valence-corrected chi connectivity index (χ3v) is 7.50. The first-order valence-electron chi connectivity index (χ1n) is 9.33. The Kier molecular flexibility index (Phi) is 4.77. The van der Waals surface area contributed by atoms with Crippen molar-refractivity contribution in [2.24, 2.45) is 5.92 Å². The van der Waals surface area contributed by atoms with Crippen LogP contribution < -0.4 is 10.2 Å². The number of hydrogen-bond acceptors (Lipinski definition) is 5. The number of amides is 2. The molecule has 1 saturated carbocycles. The number of anilines is 1. The number of hydrogen-bond donors (Lipinski definition) is 1. The van der Waals surface area contributed by atoms with Gasteiger partial charge in [-0.25, -0.2) is 13.2 Å². The van der Waals surface area contributed by atoms with Gasteiger partial charge in [0.25, 0.3) is 0 Å². The lowest BCUT2D eigenvalue weighted by Gasteiger charge is -2.22. The van der Waals surface area contributed by atoms with E-state index in [4.69, 9.17) is 4.74 Å². The Morgan fingerprint density at radius 3 is 2.53 bits per heavy atom. The van der Waals surface area contributed by atoms with Crippen LogP contribution >= 0.6 is 0 Å². The lowest BCUT2D eigenvalue weighted by atomic mass is 9.95. The number of nitrogens with zero attached hydrogens (tertiary/aromatic N) is 2. The highest BCUT2D eigenvalue weighted by atomic mass is 32.2. The number of nitrogens with one attached hydrogen (secondary N) is 1. The van der Waals surface area contributed by atoms with Crippen LogP contribution in [0.25, 0.3) is 0 Å². The van der Waals surface area contributed by atoms with Crippen LogP contribution in [0.15, 0.2) is 24.3 Å². The number of ether oxygens (including phenoxy) is 1. The predicted octanol–water partition coefficient (Wildman–Crippen LogP) is 1.57. The zero-order valence-electron chi connectivity index (χ0n) is 16.0. The van der Waals surface area contributed by atoms with Crippen molar-refractivity contribution in [3.05, 3.63) is 29.8 Å². The van der Waals surface area contributed by atoms with Gasteiger partial charge in [-0.15, -0.1) is 0 Å². The molecule has 3 fully saturated rings. The van der Waals surface area contributed by atoms with E-state index >= 15 is 0 Å². The molecule has 0 bridgehead atoms. The van der Waals surface area contributed by atoms with Crippen molar-refractivity contribution in [3.63, 3.8) is 0 Å². The van der Waals surface area contributed by atoms with Crippen molar-refractivity contribution in [2.45, 2.75) is 30.4 Å². The SMILES string of the molecule is CC(=O)NC[C@H]1CN(c2ccc(C34CC3CN(S(=O)(=O)C(F)(F)F)C4)cc2)C(=O)O1. The molecule has 1 aromatic carbocycles. The van der Waals surface area contributed by atoms with Gasteiger partial charge in [-0.3, -0.25) is 9.69 Å². The van der Waals surface area contributed by atoms with E-state index < -0.39 is 33.1 Å². The summed E-state index contributed by atoms with van der Waals surface area (Å²) >= 11 is 0. The number of carbonyl (C=O) groups excluding carboxylic acids is 2. The van der Waals surface area contributed by atoms with Crippen LogP contribution in [0.3, 0.4) is 0 Å². The number of piperidine rings is 1. The lowest BCUT2D eigenvalue weighted by molar-refractivity contribution is -0.119. The predicted molar refractivity (Wildman–Crippen MR) is 99.1 cm³/mol. The Hall–Kier alpha value is -2.34. The van der Waals surface area contributed by atoms with Gasteiger partial charge in [0.1, 0.15) is 6.10 Å². The quantitative estimate of drug-likeness (QED) is 0.739. The van der Waals surface area contributed by atoms with E-state index in [2.05, 4.69) is 5.32 Å². The normalized spacial score (nSPS) is 28.9. The van der Waals surface area contributed by atoms with Gasteiger partial charge in [0.15, 0.2) is 0 Å². The van der Waals surface area contributed by atoms with Crippen molar-refractivity contribution >= 4 is 27.7 Å². The highest BCUT2D eigenvalue weighted by Crippen LogP contribution is 2.60. The molecule has 2 aliphatic heterocycles. The highest BCUT2D eigenvalue weighted by Gasteiger charge is 2.65. The second-order valence-electron chi connectivity index (χ2n) is 7.90. The molecule has 1 aliphatic carbocycles. The van der Waals surface area contributed by atoms with Gasteiger partial charge in [-0.05, 0) is 30.0 Å². The van der Waals surface area contributed by atoms with E-state index in [0.29, 0.717) is 16.4 Å². The highest BCUT2D eigenvalue weighted by molar-refractivity contribution is 7.90. The molecule has 30 heavy (non-hydrogen) atoms. The molecule has 2 heterocycles. The summed E-state index contributed by atoms with van der Waals surface area (Å²) in [5, 5.41) is 2.59. The fourth-order valence-electron chi connectivity index (χ4n) is 4.28. The zero-order chi connectivity index (χ0) is 21.9. The fraction of sp³-hybridized carbons (Fsp3) is 0.556. The third kappa shape index (κ3) is 3.41. The minimum Gasteiger partial charge on any atom is -0.442 e. The molecule has 164 valence electrons. The summed E-state index contributed by atoms with van der Waals surface area (Å²) in [6, 6.07) is 6.77. The molecule has 2 saturated heterocycles. The van der Waals surface area contributed by atoms with Crippen LogP contribution in [-0.2, 0) is 25.0 Å². The van der Waals surface area contributed by atoms with Crippen LogP contribution in [0, 0.1) is 5.92 Å². The van der Waals surface area contributed by atoms with E-state index in [0.717, 1.165) is 5.56 Å². The minimum absolute atomic E-state index is 0.146. The maximum Gasteiger partial charge on any atom is 0.511 e. The van der Waals surface area contributed by atoms with Gasteiger partial charge < -0.3 is 10.1 Å². The first-order chi connectivity index (χ1) is 13.9. The number of fused-ring (bicyclic) bond motifs is 1. The van der Waals surface area contributed by atoms with E-state index in [1.807, 2.05) is 0 Å². The van der Waals surface area contributed by atoms with Gasteiger partial charge in [0.05, 0.1) is 13.1 Å². The largest absolute Gasteiger partial charge is 0.511 e. The molecule has 0 aromatic heterocycles. The Morgan fingerprint density at radius 1 is 1.27 bits per heavy atom. The van der Waals surface area contributed by atoms with E-state index in [9.17, 15) is 31.2 Å². The van der Waals surface area contributed by atoms with Gasteiger partial charge in [0, 0.05) is 31.1 Å². The van der Waals surface area contributed by atoms with Gasteiger partial charge in [0.2, 0.25) is 5.91 Å². The van der Waals surface area contributed by atoms with E-state index in [1.54, 1.807) is 24.3 Å². The number of sulfonamides is 1. The molecule has 3 aliphatic rings. The summed E-state index contributed by atoms with van der Waals surface area (Å²) in [7, 11) is -5.34. The summed E-state index contributed by atoms with van der Waals surface area (Å²) in [6.45, 7) is 1.46. The summed E-state index contributed by atoms with van der Waals surface area (Å²) in [6.07, 6.45) is -0.409. The molecule has 0 radical (unpaired) electrons. The lowest BCUT2D eigenvalue weighted by Crippen LogP contribution is -2.41. The first-order valence-corrected chi connectivity index (χ1v) is 10.8. The summed E-state index contributed by atoms with van der Waals surface area (Å²) < 4.78 is 67.7. The summed E-state index contributed by atoms with van der Waals surface area (Å²) in [5.41, 5.74) is -4.62. The number of cyclic esters (lactones) is 1. The Bertz CT molecular complexity index is 982. The van der Waals surface area contributed by atoms with Crippen LogP contribution in [0.1, 0.15) is 18.9 Å². The molecular formula is C18H20F3N3O5S. The number of rotatable bonds is 5. The molecule has 0 spiro atoms. The number of benzene rings is 1.